The van der Waals surface area contributed by atoms with Crippen molar-refractivity contribution < 1.29 is 24.2 Å². The fourth-order valence-electron chi connectivity index (χ4n) is 5.46. The van der Waals surface area contributed by atoms with Crippen molar-refractivity contribution in [1.29, 1.82) is 0 Å². The largest absolute Gasteiger partial charge is 0.480 e. The number of aryl methyl sites for hydroxylation is 1. The van der Waals surface area contributed by atoms with Crippen LogP contribution in [0.3, 0.4) is 0 Å². The van der Waals surface area contributed by atoms with Gasteiger partial charge in [0.05, 0.1) is 20.1 Å². The zero-order valence-corrected chi connectivity index (χ0v) is 25.4. The lowest BCUT2D eigenvalue weighted by Crippen LogP contribution is -2.52. The third-order valence-corrected chi connectivity index (χ3v) is 8.03. The number of amides is 1. The number of hydrogen-bond acceptors (Lipinski definition) is 9. The molecule has 11 heteroatoms. The molecule has 2 heterocycles. The molecule has 1 fully saturated rings. The molecular weight excluding hydrogens is 536 g/mol. The summed E-state index contributed by atoms with van der Waals surface area (Å²) in [7, 11) is 1.36. The molecule has 0 bridgehead atoms. The Bertz CT molecular complexity index is 1240. The molecule has 2 aromatic rings. The predicted octanol–water partition coefficient (Wildman–Crippen LogP) is 3.59. The van der Waals surface area contributed by atoms with E-state index in [0.717, 1.165) is 60.4 Å². The molecule has 0 radical (unpaired) electrons. The maximum Gasteiger partial charge on any atom is 0.323 e. The summed E-state index contributed by atoms with van der Waals surface area (Å²) in [5.41, 5.74) is 8.36. The highest BCUT2D eigenvalue weighted by molar-refractivity contribution is 5.82. The quantitative estimate of drug-likeness (QED) is 0.198. The fourth-order valence-corrected chi connectivity index (χ4v) is 5.46. The average Bonchev–Trinajstić information content (AvgIpc) is 3.32. The van der Waals surface area contributed by atoms with Gasteiger partial charge in [0.15, 0.2) is 0 Å². The van der Waals surface area contributed by atoms with E-state index in [1.807, 2.05) is 31.2 Å². The summed E-state index contributed by atoms with van der Waals surface area (Å²) in [6, 6.07) is 7.55. The smallest absolute Gasteiger partial charge is 0.323 e. The number of nitrogens with two attached hydrogens (primary N) is 1. The SMILES string of the molecule is CCCCCNc1nc(N)nc(C)c1CCCN(Cc1cccc(CC(=O)OC)c1)C(=O)CN1CCCC1(C)C(=O)O. The van der Waals surface area contributed by atoms with Crippen molar-refractivity contribution in [2.45, 2.75) is 84.2 Å². The van der Waals surface area contributed by atoms with Gasteiger partial charge in [0.2, 0.25) is 11.9 Å². The monoisotopic (exact) mass is 582 g/mol. The van der Waals surface area contributed by atoms with Gasteiger partial charge in [-0.1, -0.05) is 44.0 Å². The minimum atomic E-state index is -1.06. The van der Waals surface area contributed by atoms with E-state index in [1.165, 1.54) is 7.11 Å². The van der Waals surface area contributed by atoms with Crippen LogP contribution in [0.4, 0.5) is 11.8 Å². The van der Waals surface area contributed by atoms with Gasteiger partial charge in [-0.3, -0.25) is 19.3 Å². The number of esters is 1. The lowest BCUT2D eigenvalue weighted by atomic mass is 9.99. The first-order valence-electron chi connectivity index (χ1n) is 14.8. The molecule has 230 valence electrons. The maximum atomic E-state index is 13.7. The number of aliphatic carboxylic acids is 1. The molecule has 1 aliphatic rings. The molecule has 1 amide bonds. The Kier molecular flexibility index (Phi) is 12.1. The van der Waals surface area contributed by atoms with E-state index < -0.39 is 11.5 Å². The van der Waals surface area contributed by atoms with Crippen LogP contribution >= 0.6 is 0 Å². The fraction of sp³-hybridized carbons (Fsp3) is 0.581. The van der Waals surface area contributed by atoms with Gasteiger partial charge in [-0.25, -0.2) is 4.98 Å². The molecule has 1 saturated heterocycles. The highest BCUT2D eigenvalue weighted by Gasteiger charge is 2.44. The Labute approximate surface area is 248 Å². The zero-order valence-electron chi connectivity index (χ0n) is 25.4. The number of nitrogen functional groups attached to an aromatic ring is 1. The average molecular weight is 583 g/mol. The summed E-state index contributed by atoms with van der Waals surface area (Å²) >= 11 is 0. The molecule has 1 aromatic carbocycles. The number of aromatic nitrogens is 2. The number of nitrogens with one attached hydrogen (secondary N) is 1. The predicted molar refractivity (Wildman–Crippen MR) is 162 cm³/mol. The van der Waals surface area contributed by atoms with E-state index in [9.17, 15) is 19.5 Å². The Morgan fingerprint density at radius 2 is 1.95 bits per heavy atom. The summed E-state index contributed by atoms with van der Waals surface area (Å²) in [4.78, 5) is 49.9. The maximum absolute atomic E-state index is 13.7. The second kappa shape index (κ2) is 15.5. The molecule has 1 atom stereocenters. The number of carbonyl (C=O) groups excluding carboxylic acids is 2. The van der Waals surface area contributed by atoms with Crippen molar-refractivity contribution in [3.05, 3.63) is 46.6 Å². The molecule has 1 aromatic heterocycles. The van der Waals surface area contributed by atoms with Crippen LogP contribution in [0.5, 0.6) is 0 Å². The van der Waals surface area contributed by atoms with Crippen LogP contribution in [0.15, 0.2) is 24.3 Å². The normalized spacial score (nSPS) is 16.8. The third kappa shape index (κ3) is 8.88. The molecule has 42 heavy (non-hydrogen) atoms. The van der Waals surface area contributed by atoms with Gasteiger partial charge >= 0.3 is 11.9 Å². The molecule has 4 N–H and O–H groups in total. The molecule has 0 saturated carbocycles. The number of carbonyl (C=O) groups is 3. The number of rotatable bonds is 16. The minimum absolute atomic E-state index is 0.0267. The molecule has 1 aliphatic heterocycles. The molecule has 0 spiro atoms. The van der Waals surface area contributed by atoms with Crippen LogP contribution in [0.25, 0.3) is 0 Å². The van der Waals surface area contributed by atoms with Crippen LogP contribution in [-0.4, -0.2) is 81.5 Å². The Morgan fingerprint density at radius 3 is 2.67 bits per heavy atom. The molecule has 3 rings (SSSR count). The Hall–Kier alpha value is -3.73. The molecule has 11 nitrogen and oxygen atoms in total. The number of carboxylic acids is 1. The number of unbranched alkanes of at least 4 members (excludes halogenated alkanes) is 2. The topological polar surface area (TPSA) is 151 Å². The lowest BCUT2D eigenvalue weighted by molar-refractivity contribution is -0.150. The Morgan fingerprint density at radius 1 is 1.19 bits per heavy atom. The summed E-state index contributed by atoms with van der Waals surface area (Å²) in [5.74, 6) is -0.412. The first-order chi connectivity index (χ1) is 20.1. The number of ether oxygens (including phenoxy) is 1. The minimum Gasteiger partial charge on any atom is -0.480 e. The molecule has 1 unspecified atom stereocenters. The van der Waals surface area contributed by atoms with Crippen molar-refractivity contribution in [2.24, 2.45) is 0 Å². The van der Waals surface area contributed by atoms with E-state index in [4.69, 9.17) is 10.5 Å². The van der Waals surface area contributed by atoms with Gasteiger partial charge < -0.3 is 25.8 Å². The number of methoxy groups -OCH3 is 1. The number of carboxylic acid groups (broad SMARTS) is 1. The van der Waals surface area contributed by atoms with Gasteiger partial charge in [-0.2, -0.15) is 4.98 Å². The van der Waals surface area contributed by atoms with Gasteiger partial charge in [-0.15, -0.1) is 0 Å². The number of anilines is 2. The van der Waals surface area contributed by atoms with Crippen molar-refractivity contribution in [2.75, 3.05) is 44.3 Å². The van der Waals surface area contributed by atoms with Crippen LogP contribution in [0, 0.1) is 6.92 Å². The molecule has 0 aliphatic carbocycles. The zero-order chi connectivity index (χ0) is 30.7. The lowest BCUT2D eigenvalue weighted by Gasteiger charge is -2.33. The highest BCUT2D eigenvalue weighted by Crippen LogP contribution is 2.29. The summed E-state index contributed by atoms with van der Waals surface area (Å²) in [5, 5.41) is 13.3. The van der Waals surface area contributed by atoms with Crippen LogP contribution in [-0.2, 0) is 38.5 Å². The van der Waals surface area contributed by atoms with Crippen LogP contribution in [0.1, 0.15) is 74.8 Å². The standard InChI is InChI=1S/C31H46N6O5/c1-5-6-7-15-33-28-25(22(2)34-30(32)35-28)13-9-16-36(20-24-12-8-11-23(18-24)19-27(39)42-4)26(38)21-37-17-10-14-31(37,3)29(40)41/h8,11-12,18H,5-7,9-10,13-17,19-21H2,1-4H3,(H,40,41)(H3,32,33,34,35). The number of likely N-dealkylation sites (tertiary alicyclic amines) is 1. The van der Waals surface area contributed by atoms with Crippen LogP contribution in [0.2, 0.25) is 0 Å². The summed E-state index contributed by atoms with van der Waals surface area (Å²) in [6.07, 6.45) is 5.96. The highest BCUT2D eigenvalue weighted by atomic mass is 16.5. The van der Waals surface area contributed by atoms with Crippen molar-refractivity contribution in [1.82, 2.24) is 19.8 Å². The van der Waals surface area contributed by atoms with Gasteiger partial charge in [0.25, 0.3) is 0 Å². The molecular formula is C31H46N6O5. The Balaban J connectivity index is 1.77. The number of nitrogens with zero attached hydrogens (tertiary/aromatic N) is 4. The summed E-state index contributed by atoms with van der Waals surface area (Å²) < 4.78 is 4.80. The van der Waals surface area contributed by atoms with Gasteiger partial charge in [0.1, 0.15) is 11.4 Å². The second-order valence-corrected chi connectivity index (χ2v) is 11.2. The van der Waals surface area contributed by atoms with Gasteiger partial charge in [-0.05, 0) is 63.6 Å². The first kappa shape index (κ1) is 32.8. The first-order valence-corrected chi connectivity index (χ1v) is 14.8. The van der Waals surface area contributed by atoms with E-state index in [1.54, 1.807) is 16.7 Å². The van der Waals surface area contributed by atoms with E-state index in [2.05, 4.69) is 22.2 Å². The van der Waals surface area contributed by atoms with Crippen molar-refractivity contribution >= 4 is 29.6 Å². The van der Waals surface area contributed by atoms with E-state index in [0.29, 0.717) is 38.9 Å². The number of benzene rings is 1. The van der Waals surface area contributed by atoms with Crippen LogP contribution < -0.4 is 11.1 Å². The third-order valence-electron chi connectivity index (χ3n) is 8.03. The van der Waals surface area contributed by atoms with Crippen molar-refractivity contribution in [3.8, 4) is 0 Å². The summed E-state index contributed by atoms with van der Waals surface area (Å²) in [6.45, 7) is 7.94. The second-order valence-electron chi connectivity index (χ2n) is 11.2. The van der Waals surface area contributed by atoms with Gasteiger partial charge in [0, 0.05) is 30.9 Å². The van der Waals surface area contributed by atoms with E-state index >= 15 is 0 Å². The van der Waals surface area contributed by atoms with Crippen molar-refractivity contribution in [3.63, 3.8) is 0 Å². The number of hydrogen-bond donors (Lipinski definition) is 3. The van der Waals surface area contributed by atoms with E-state index in [-0.39, 0.29) is 30.8 Å².